The highest BCUT2D eigenvalue weighted by atomic mass is 16.7. The van der Waals surface area contributed by atoms with Gasteiger partial charge >= 0.3 is 5.97 Å². The van der Waals surface area contributed by atoms with Crippen molar-refractivity contribution >= 4 is 11.8 Å². The average molecular weight is 628 g/mol. The van der Waals surface area contributed by atoms with Crippen molar-refractivity contribution in [3.63, 3.8) is 0 Å². The number of nitrogens with zero attached hydrogens (tertiary/aromatic N) is 1. The number of carbonyl (C=O) groups is 2. The Hall–Kier alpha value is -1.62. The number of aliphatic hydroxyl groups excluding tert-OH is 3. The van der Waals surface area contributed by atoms with Gasteiger partial charge in [0.2, 0.25) is 0 Å². The first-order valence-electron chi connectivity index (χ1n) is 15.9. The van der Waals surface area contributed by atoms with Crippen LogP contribution in [0.4, 0.5) is 0 Å². The zero-order chi connectivity index (χ0) is 33.7. The van der Waals surface area contributed by atoms with Gasteiger partial charge in [0.25, 0.3) is 0 Å². The van der Waals surface area contributed by atoms with Crippen molar-refractivity contribution in [3.8, 4) is 12.3 Å². The first kappa shape index (κ1) is 38.6. The maximum Gasteiger partial charge on any atom is 0.311 e. The first-order chi connectivity index (χ1) is 20.4. The molecule has 44 heavy (non-hydrogen) atoms. The number of terminal acetylenes is 1. The van der Waals surface area contributed by atoms with Gasteiger partial charge < -0.3 is 39.4 Å². The Kier molecular flexibility index (Phi) is 13.8. The van der Waals surface area contributed by atoms with E-state index in [0.29, 0.717) is 19.4 Å². The summed E-state index contributed by atoms with van der Waals surface area (Å²) in [6, 6.07) is -0.319. The molecule has 2 aliphatic rings. The number of ketones is 1. The van der Waals surface area contributed by atoms with Gasteiger partial charge in [-0.2, -0.15) is 0 Å². The normalized spacial score (nSPS) is 45.0. The second-order valence-electron chi connectivity index (χ2n) is 13.6. The van der Waals surface area contributed by atoms with E-state index >= 15 is 0 Å². The number of esters is 1. The first-order valence-corrected chi connectivity index (χ1v) is 15.9. The molecule has 0 unspecified atom stereocenters. The predicted molar refractivity (Wildman–Crippen MR) is 164 cm³/mol. The largest absolute Gasteiger partial charge is 0.459 e. The van der Waals surface area contributed by atoms with Crippen molar-refractivity contribution < 1.29 is 49.0 Å². The summed E-state index contributed by atoms with van der Waals surface area (Å²) in [5.74, 6) is -1.98. The van der Waals surface area contributed by atoms with Crippen molar-refractivity contribution in [1.82, 2.24) is 4.90 Å². The number of Topliss-reactive ketones (excluding diaryl/α,β-unsaturated/α-hetero) is 1. The Morgan fingerprint density at radius 3 is 2.23 bits per heavy atom. The van der Waals surface area contributed by atoms with Crippen LogP contribution in [0.15, 0.2) is 0 Å². The fourth-order valence-electron chi connectivity index (χ4n) is 6.92. The Labute approximate surface area is 263 Å². The molecule has 2 saturated heterocycles. The smallest absolute Gasteiger partial charge is 0.311 e. The molecule has 2 aliphatic heterocycles. The van der Waals surface area contributed by atoms with E-state index in [2.05, 4.69) is 5.92 Å². The lowest BCUT2D eigenvalue weighted by Crippen LogP contribution is -2.60. The molecule has 0 aromatic rings. The molecule has 2 fully saturated rings. The maximum atomic E-state index is 13.7. The molecule has 0 bridgehead atoms. The third kappa shape index (κ3) is 8.39. The second kappa shape index (κ2) is 15.8. The van der Waals surface area contributed by atoms with E-state index in [1.54, 1.807) is 27.7 Å². The summed E-state index contributed by atoms with van der Waals surface area (Å²) in [5, 5.41) is 45.5. The number of hydrogen-bond donors (Lipinski definition) is 4. The molecule has 0 saturated carbocycles. The molecule has 0 aromatic heterocycles. The molecular formula is C33H57NO10. The van der Waals surface area contributed by atoms with Crippen LogP contribution in [0.2, 0.25) is 0 Å². The van der Waals surface area contributed by atoms with E-state index in [9.17, 15) is 30.0 Å². The van der Waals surface area contributed by atoms with Gasteiger partial charge in [0.15, 0.2) is 6.29 Å². The molecule has 11 heteroatoms. The number of carbonyl (C=O) groups excluding carboxylic acids is 2. The van der Waals surface area contributed by atoms with Crippen LogP contribution in [0, 0.1) is 36.0 Å². The fraction of sp³-hybridized carbons (Fsp3) is 0.879. The van der Waals surface area contributed by atoms with Crippen LogP contribution in [0.1, 0.15) is 81.1 Å². The number of cyclic esters (lactones) is 1. The molecular weight excluding hydrogens is 570 g/mol. The Morgan fingerprint density at radius 2 is 1.68 bits per heavy atom. The van der Waals surface area contributed by atoms with E-state index in [0.717, 1.165) is 0 Å². The lowest BCUT2D eigenvalue weighted by atomic mass is 9.74. The summed E-state index contributed by atoms with van der Waals surface area (Å²) in [6.07, 6.45) is -0.601. The average Bonchev–Trinajstić information content (AvgIpc) is 2.99. The van der Waals surface area contributed by atoms with E-state index in [1.165, 1.54) is 27.9 Å². The maximum absolute atomic E-state index is 13.7. The SMILES string of the molecule is C#CCCN(C)[C@H]1C[C@@H](C)O[C@@H](O[C@@H]2[C@@H](C)[C@H](O)[C@@H](C)C(=O)O[C@H](CC)[C@@](C)(O)[C@H](O)[C@@H](C)C(=O)[C@H](C)C[C@@]2(C)OC)[C@@H]1O. The van der Waals surface area contributed by atoms with Gasteiger partial charge in [0.1, 0.15) is 23.6 Å². The zero-order valence-corrected chi connectivity index (χ0v) is 28.2. The van der Waals surface area contributed by atoms with Gasteiger partial charge in [0.05, 0.1) is 35.9 Å². The monoisotopic (exact) mass is 627 g/mol. The molecule has 4 N–H and O–H groups in total. The fourth-order valence-corrected chi connectivity index (χ4v) is 6.92. The summed E-state index contributed by atoms with van der Waals surface area (Å²) < 4.78 is 24.4. The van der Waals surface area contributed by atoms with Crippen molar-refractivity contribution in [2.24, 2.45) is 23.7 Å². The van der Waals surface area contributed by atoms with E-state index in [1.807, 2.05) is 18.9 Å². The molecule has 11 nitrogen and oxygen atoms in total. The molecule has 0 radical (unpaired) electrons. The number of aliphatic hydroxyl groups is 4. The van der Waals surface area contributed by atoms with Crippen LogP contribution < -0.4 is 0 Å². The van der Waals surface area contributed by atoms with Crippen LogP contribution in [0.25, 0.3) is 0 Å². The van der Waals surface area contributed by atoms with Gasteiger partial charge in [-0.25, -0.2) is 0 Å². The van der Waals surface area contributed by atoms with Crippen LogP contribution >= 0.6 is 0 Å². The summed E-state index contributed by atoms with van der Waals surface area (Å²) in [6.45, 7) is 13.7. The van der Waals surface area contributed by atoms with Crippen LogP contribution in [-0.4, -0.2) is 118 Å². The standard InChI is InChI=1S/C33H57NO10/c1-12-14-15-34(10)23-16-19(4)42-31(27(23)37)44-29-21(6)26(36)22(7)30(39)43-24(13-2)33(9,40)28(38)20(5)25(35)18(3)17-32(29,8)41-11/h1,18-24,26-29,31,36-38,40H,13-17H2,2-11H3/t18-,19-,20+,21+,22-,23+,24-,26+,27-,28-,29-,31+,32-,33-/m1/s1. The Morgan fingerprint density at radius 1 is 1.07 bits per heavy atom. The van der Waals surface area contributed by atoms with Gasteiger partial charge in [-0.05, 0) is 54.0 Å². The van der Waals surface area contributed by atoms with Crippen LogP contribution in [-0.2, 0) is 28.5 Å². The van der Waals surface area contributed by atoms with Crippen LogP contribution in [0.5, 0.6) is 0 Å². The summed E-state index contributed by atoms with van der Waals surface area (Å²) in [4.78, 5) is 29.0. The van der Waals surface area contributed by atoms with Crippen LogP contribution in [0.3, 0.4) is 0 Å². The molecule has 14 atom stereocenters. The van der Waals surface area contributed by atoms with Crippen molar-refractivity contribution in [2.75, 3.05) is 20.7 Å². The van der Waals surface area contributed by atoms with Crippen molar-refractivity contribution in [3.05, 3.63) is 0 Å². The van der Waals surface area contributed by atoms with E-state index < -0.39 is 77.7 Å². The summed E-state index contributed by atoms with van der Waals surface area (Å²) >= 11 is 0. The quantitative estimate of drug-likeness (QED) is 0.242. The number of methoxy groups -OCH3 is 1. The third-order valence-corrected chi connectivity index (χ3v) is 10.0. The summed E-state index contributed by atoms with van der Waals surface area (Å²) in [5.41, 5.74) is -3.15. The van der Waals surface area contributed by atoms with Crippen molar-refractivity contribution in [1.29, 1.82) is 0 Å². The highest BCUT2D eigenvalue weighted by molar-refractivity contribution is 5.83. The summed E-state index contributed by atoms with van der Waals surface area (Å²) in [7, 11) is 3.35. The van der Waals surface area contributed by atoms with Gasteiger partial charge in [0, 0.05) is 43.9 Å². The minimum atomic E-state index is -1.93. The minimum Gasteiger partial charge on any atom is -0.459 e. The molecule has 2 rings (SSSR count). The lowest BCUT2D eigenvalue weighted by molar-refractivity contribution is -0.302. The zero-order valence-electron chi connectivity index (χ0n) is 28.2. The highest BCUT2D eigenvalue weighted by Gasteiger charge is 2.52. The third-order valence-electron chi connectivity index (χ3n) is 10.0. The Bertz CT molecular complexity index is 1000. The molecule has 0 aromatic carbocycles. The van der Waals surface area contributed by atoms with E-state index in [4.69, 9.17) is 25.4 Å². The van der Waals surface area contributed by atoms with Gasteiger partial charge in [-0.1, -0.05) is 27.7 Å². The van der Waals surface area contributed by atoms with E-state index in [-0.39, 0.29) is 30.8 Å². The van der Waals surface area contributed by atoms with Crippen molar-refractivity contribution in [2.45, 2.75) is 141 Å². The second-order valence-corrected chi connectivity index (χ2v) is 13.6. The number of ether oxygens (including phenoxy) is 4. The Balaban J connectivity index is 2.58. The highest BCUT2D eigenvalue weighted by Crippen LogP contribution is 2.39. The minimum absolute atomic E-state index is 0.114. The number of rotatable bonds is 7. The molecule has 0 spiro atoms. The van der Waals surface area contributed by atoms with Gasteiger partial charge in [-0.3, -0.25) is 14.5 Å². The van der Waals surface area contributed by atoms with Gasteiger partial charge in [-0.15, -0.1) is 12.3 Å². The molecule has 2 heterocycles. The number of likely N-dealkylation sites (N-methyl/N-ethyl adjacent to an activating group) is 1. The molecule has 254 valence electrons. The molecule has 0 amide bonds. The predicted octanol–water partition coefficient (Wildman–Crippen LogP) is 1.91. The topological polar surface area (TPSA) is 155 Å². The lowest BCUT2D eigenvalue weighted by Gasteiger charge is -2.48. The number of hydrogen-bond acceptors (Lipinski definition) is 11. The molecule has 0 aliphatic carbocycles.